The number of hydrogen-bond donors (Lipinski definition) is 4. The number of rotatable bonds is 9. The average Bonchev–Trinajstić information content (AvgIpc) is 2.89. The van der Waals surface area contributed by atoms with Gasteiger partial charge in [-0.1, -0.05) is 29.8 Å². The van der Waals surface area contributed by atoms with Crippen molar-refractivity contribution in [2.24, 2.45) is 0 Å². The Hall–Kier alpha value is -3.93. The lowest BCUT2D eigenvalue weighted by Gasteiger charge is -2.21. The van der Waals surface area contributed by atoms with Crippen molar-refractivity contribution < 1.29 is 17.9 Å². The molecule has 0 saturated heterocycles. The van der Waals surface area contributed by atoms with E-state index in [0.717, 1.165) is 4.31 Å². The molecule has 4 aromatic rings. The van der Waals surface area contributed by atoms with Crippen LogP contribution in [0.15, 0.2) is 66.7 Å². The Labute approximate surface area is 220 Å². The third-order valence-corrected chi connectivity index (χ3v) is 6.60. The number of para-hydroxylation sites is 2. The van der Waals surface area contributed by atoms with E-state index in [1.807, 2.05) is 6.07 Å². The number of nitrogens with one attached hydrogen (secondary N) is 3. The number of halogens is 1. The molecule has 0 fully saturated rings. The number of hydrogen-bond acceptors (Lipinski definition) is 8. The molecule has 0 aliphatic carbocycles. The van der Waals surface area contributed by atoms with Gasteiger partial charge in [-0.05, 0) is 56.4 Å². The summed E-state index contributed by atoms with van der Waals surface area (Å²) in [4.78, 5) is 21.6. The number of methoxy groups -OCH3 is 1. The van der Waals surface area contributed by atoms with Crippen molar-refractivity contribution in [3.8, 4) is 5.75 Å². The highest BCUT2D eigenvalue weighted by Crippen LogP contribution is 2.36. The molecule has 1 atom stereocenters. The smallest absolute Gasteiger partial charge is 0.241 e. The first-order valence-electron chi connectivity index (χ1n) is 11.2. The van der Waals surface area contributed by atoms with Gasteiger partial charge in [0.1, 0.15) is 5.75 Å². The van der Waals surface area contributed by atoms with Gasteiger partial charge in [0.2, 0.25) is 16.8 Å². The molecule has 12 heteroatoms. The summed E-state index contributed by atoms with van der Waals surface area (Å²) < 4.78 is 31.6. The van der Waals surface area contributed by atoms with Crippen molar-refractivity contribution in [3.63, 3.8) is 0 Å². The summed E-state index contributed by atoms with van der Waals surface area (Å²) in [6.45, 7) is 1.71. The fourth-order valence-electron chi connectivity index (χ4n) is 3.47. The molecule has 10 nitrogen and oxygen atoms in total. The normalized spacial score (nSPS) is 11.8. The van der Waals surface area contributed by atoms with Gasteiger partial charge in [0.05, 0.1) is 40.6 Å². The van der Waals surface area contributed by atoms with Crippen LogP contribution in [0.2, 0.25) is 5.02 Å². The van der Waals surface area contributed by atoms with E-state index in [1.165, 1.54) is 7.11 Å². The molecule has 4 rings (SSSR count). The summed E-state index contributed by atoms with van der Waals surface area (Å²) in [6, 6.07) is 18.1. The van der Waals surface area contributed by atoms with Gasteiger partial charge in [0.15, 0.2) is 11.6 Å². The third-order valence-electron chi connectivity index (χ3n) is 5.53. The zero-order valence-electron chi connectivity index (χ0n) is 20.2. The second-order valence-electron chi connectivity index (χ2n) is 7.95. The minimum atomic E-state index is -3.22. The third kappa shape index (κ3) is 5.91. The predicted octanol–water partition coefficient (Wildman–Crippen LogP) is 4.25. The monoisotopic (exact) mass is 540 g/mol. The van der Waals surface area contributed by atoms with Crippen LogP contribution in [-0.4, -0.2) is 44.5 Å². The molecular weight excluding hydrogens is 516 g/mol. The van der Waals surface area contributed by atoms with Crippen LogP contribution < -0.4 is 25.0 Å². The fraction of sp³-hybridized carbons (Fsp3) is 0.160. The number of anilines is 5. The van der Waals surface area contributed by atoms with Crippen molar-refractivity contribution in [3.05, 3.63) is 71.8 Å². The Morgan fingerprint density at radius 1 is 1.03 bits per heavy atom. The van der Waals surface area contributed by atoms with E-state index in [9.17, 15) is 13.2 Å². The Kier molecular flexibility index (Phi) is 8.07. The summed E-state index contributed by atoms with van der Waals surface area (Å²) in [7, 11) is -0.0183. The van der Waals surface area contributed by atoms with E-state index in [2.05, 4.69) is 25.9 Å². The Balaban J connectivity index is 1.84. The van der Waals surface area contributed by atoms with Crippen LogP contribution in [0.1, 0.15) is 6.92 Å². The molecule has 1 heterocycles. The molecule has 0 aliphatic rings. The molecule has 0 bridgehead atoms. The van der Waals surface area contributed by atoms with E-state index in [4.69, 9.17) is 16.3 Å². The van der Waals surface area contributed by atoms with Crippen LogP contribution in [0.4, 0.5) is 28.7 Å². The zero-order chi connectivity index (χ0) is 26.5. The largest absolute Gasteiger partial charge is 0.497 e. The summed E-state index contributed by atoms with van der Waals surface area (Å²) in [5.74, 6) is 0.471. The van der Waals surface area contributed by atoms with Crippen molar-refractivity contribution in [1.82, 2.24) is 15.3 Å². The SMILES string of the molecule is CN[C@H](C)C(=O)Nc1cccc(N(c2nc3ccccc3nc2Nc2cc(OC)ccc2Cl)[SH](=O)=O)c1. The summed E-state index contributed by atoms with van der Waals surface area (Å²) >= 11 is 6.39. The van der Waals surface area contributed by atoms with Crippen LogP contribution in [0.3, 0.4) is 0 Å². The molecule has 0 saturated carbocycles. The van der Waals surface area contributed by atoms with Crippen LogP contribution >= 0.6 is 11.6 Å². The molecule has 0 radical (unpaired) electrons. The molecule has 1 aromatic heterocycles. The highest BCUT2D eigenvalue weighted by atomic mass is 35.5. The average molecular weight is 541 g/mol. The molecular formula is C25H25ClN6O4S. The summed E-state index contributed by atoms with van der Waals surface area (Å²) in [5, 5.41) is 9.12. The molecule has 0 spiro atoms. The number of aromatic nitrogens is 2. The van der Waals surface area contributed by atoms with Crippen molar-refractivity contribution >= 4 is 68.1 Å². The number of nitrogens with zero attached hydrogens (tertiary/aromatic N) is 3. The Morgan fingerprint density at radius 2 is 1.76 bits per heavy atom. The first kappa shape index (κ1) is 26.1. The minimum absolute atomic E-state index is 0.0285. The highest BCUT2D eigenvalue weighted by Gasteiger charge is 2.22. The molecule has 3 aromatic carbocycles. The highest BCUT2D eigenvalue weighted by molar-refractivity contribution is 7.74. The number of fused-ring (bicyclic) bond motifs is 1. The minimum Gasteiger partial charge on any atom is -0.497 e. The van der Waals surface area contributed by atoms with Crippen molar-refractivity contribution in [1.29, 1.82) is 0 Å². The molecule has 1 amide bonds. The lowest BCUT2D eigenvalue weighted by atomic mass is 10.2. The maximum Gasteiger partial charge on any atom is 0.241 e. The Morgan fingerprint density at radius 3 is 2.43 bits per heavy atom. The summed E-state index contributed by atoms with van der Waals surface area (Å²) in [5.41, 5.74) is 2.18. The lowest BCUT2D eigenvalue weighted by Crippen LogP contribution is -2.35. The van der Waals surface area contributed by atoms with E-state index in [1.54, 1.807) is 74.6 Å². The second kappa shape index (κ2) is 11.4. The van der Waals surface area contributed by atoms with Gasteiger partial charge in [0.25, 0.3) is 0 Å². The maximum absolute atomic E-state index is 12.6. The second-order valence-corrected chi connectivity index (χ2v) is 9.24. The van der Waals surface area contributed by atoms with Crippen molar-refractivity contribution in [2.45, 2.75) is 13.0 Å². The van der Waals surface area contributed by atoms with Crippen LogP contribution in [0.25, 0.3) is 11.0 Å². The molecule has 0 unspecified atom stereocenters. The number of benzene rings is 3. The predicted molar refractivity (Wildman–Crippen MR) is 147 cm³/mol. The molecule has 192 valence electrons. The molecule has 37 heavy (non-hydrogen) atoms. The quantitative estimate of drug-likeness (QED) is 0.232. The number of thiol groups is 1. The van der Waals surface area contributed by atoms with E-state index >= 15 is 0 Å². The maximum atomic E-state index is 12.6. The van der Waals surface area contributed by atoms with Crippen LogP contribution in [-0.2, 0) is 15.7 Å². The van der Waals surface area contributed by atoms with Crippen molar-refractivity contribution in [2.75, 3.05) is 29.1 Å². The van der Waals surface area contributed by atoms with Gasteiger partial charge in [-0.3, -0.25) is 4.79 Å². The first-order chi connectivity index (χ1) is 17.8. The Bertz CT molecular complexity index is 1520. The van der Waals surface area contributed by atoms with Gasteiger partial charge in [-0.2, -0.15) is 0 Å². The van der Waals surface area contributed by atoms with Crippen LogP contribution in [0.5, 0.6) is 5.75 Å². The first-order valence-corrected chi connectivity index (χ1v) is 12.7. The fourth-order valence-corrected chi connectivity index (χ4v) is 4.24. The zero-order valence-corrected chi connectivity index (χ0v) is 21.9. The standard InChI is InChI=1S/C25H25ClN6O4S/c1-15(27-2)25(33)28-16-7-6-8-17(13-16)32(37(34)35)24-23(29-20-9-4-5-10-21(20)31-24)30-22-14-18(36-3)11-12-19(22)26/h4-15,27,37H,1-3H3,(H,28,33)(H,29,30)/t15-/m1/s1. The number of carbonyl (C=O) groups excluding carboxylic acids is 1. The van der Waals surface area contributed by atoms with E-state index in [-0.39, 0.29) is 23.2 Å². The number of likely N-dealkylation sites (N-methyl/N-ethyl adjacent to an activating group) is 1. The summed E-state index contributed by atoms with van der Waals surface area (Å²) in [6.07, 6.45) is 0. The van der Waals surface area contributed by atoms with Crippen LogP contribution in [0, 0.1) is 0 Å². The topological polar surface area (TPSA) is 126 Å². The van der Waals surface area contributed by atoms with Gasteiger partial charge < -0.3 is 20.7 Å². The van der Waals surface area contributed by atoms with E-state index in [0.29, 0.717) is 33.2 Å². The molecule has 3 N–H and O–H groups in total. The lowest BCUT2D eigenvalue weighted by molar-refractivity contribution is -0.117. The number of carbonyl (C=O) groups is 1. The van der Waals surface area contributed by atoms with E-state index < -0.39 is 16.9 Å². The number of ether oxygens (including phenoxy) is 1. The van der Waals surface area contributed by atoms with Gasteiger partial charge in [0, 0.05) is 11.8 Å². The van der Waals surface area contributed by atoms with Gasteiger partial charge in [-0.25, -0.2) is 22.7 Å². The molecule has 0 aliphatic heterocycles. The number of amides is 1. The van der Waals surface area contributed by atoms with Gasteiger partial charge in [-0.15, -0.1) is 0 Å². The van der Waals surface area contributed by atoms with Gasteiger partial charge >= 0.3 is 0 Å².